The van der Waals surface area contributed by atoms with Crippen molar-refractivity contribution in [2.75, 3.05) is 25.0 Å². The molecule has 0 unspecified atom stereocenters. The highest BCUT2D eigenvalue weighted by Crippen LogP contribution is 2.43. The van der Waals surface area contributed by atoms with Gasteiger partial charge in [-0.25, -0.2) is 14.4 Å². The molecule has 272 valence electrons. The first kappa shape index (κ1) is 34.0. The zero-order chi connectivity index (χ0) is 36.1. The zero-order valence-corrected chi connectivity index (χ0v) is 30.3. The molecule has 0 radical (unpaired) electrons. The predicted molar refractivity (Wildman–Crippen MR) is 202 cm³/mol. The van der Waals surface area contributed by atoms with Crippen molar-refractivity contribution in [3.63, 3.8) is 0 Å². The fourth-order valence-electron chi connectivity index (χ4n) is 7.66. The maximum absolute atomic E-state index is 14.3. The number of rotatable bonds is 11. The number of nitrogens with one attached hydrogen (secondary N) is 2. The number of aryl methyl sites for hydroxylation is 1. The Bertz CT molecular complexity index is 2320. The molecule has 10 nitrogen and oxygen atoms in total. The van der Waals surface area contributed by atoms with E-state index in [0.29, 0.717) is 40.4 Å². The molecule has 3 aromatic carbocycles. The third kappa shape index (κ3) is 7.13. The van der Waals surface area contributed by atoms with Crippen molar-refractivity contribution in [3.05, 3.63) is 111 Å². The van der Waals surface area contributed by atoms with Crippen LogP contribution < -0.4 is 10.1 Å². The Labute approximate surface area is 311 Å². The number of halogens is 2. The second kappa shape index (κ2) is 14.2. The molecule has 1 amide bonds. The Morgan fingerprint density at radius 1 is 1.02 bits per heavy atom. The number of imidazole rings is 1. The van der Waals surface area contributed by atoms with Crippen LogP contribution in [0.2, 0.25) is 5.02 Å². The molecule has 1 saturated carbocycles. The third-order valence-corrected chi connectivity index (χ3v) is 11.1. The van der Waals surface area contributed by atoms with E-state index in [1.807, 2.05) is 55.5 Å². The van der Waals surface area contributed by atoms with Crippen LogP contribution in [0.4, 0.5) is 10.1 Å². The van der Waals surface area contributed by atoms with Gasteiger partial charge in [-0.2, -0.15) is 5.10 Å². The molecule has 6 aromatic rings. The van der Waals surface area contributed by atoms with E-state index < -0.39 is 5.82 Å². The minimum Gasteiger partial charge on any atom is -0.473 e. The molecule has 3 aromatic heterocycles. The SMILES string of the molecule is Cc1cc(NC(=O)c2ccc3c(c2)nc(CN2CCC(c4cccc(OCc5ccc(Cl)cc5F)n4)CC2)n3C[C@@H]2CCO2)cc2c(C3CC3)[nH]nc12. The van der Waals surface area contributed by atoms with Crippen molar-refractivity contribution >= 4 is 45.1 Å². The van der Waals surface area contributed by atoms with E-state index in [1.54, 1.807) is 12.1 Å². The number of H-pyrrole nitrogens is 1. The number of nitrogens with zero attached hydrogens (tertiary/aromatic N) is 5. The molecule has 3 aliphatic rings. The Balaban J connectivity index is 0.879. The van der Waals surface area contributed by atoms with Gasteiger partial charge >= 0.3 is 0 Å². The molecule has 1 aliphatic carbocycles. The van der Waals surface area contributed by atoms with E-state index in [0.717, 1.165) is 90.2 Å². The summed E-state index contributed by atoms with van der Waals surface area (Å²) < 4.78 is 28.2. The fourth-order valence-corrected chi connectivity index (χ4v) is 7.82. The molecule has 2 N–H and O–H groups in total. The molecule has 5 heterocycles. The van der Waals surface area contributed by atoms with Crippen LogP contribution in [0.3, 0.4) is 0 Å². The molecule has 3 fully saturated rings. The Kier molecular flexibility index (Phi) is 9.09. The number of fused-ring (bicyclic) bond motifs is 2. The van der Waals surface area contributed by atoms with E-state index in [9.17, 15) is 9.18 Å². The van der Waals surface area contributed by atoms with Crippen LogP contribution in [-0.2, 0) is 24.4 Å². The number of carbonyl (C=O) groups excluding carboxylic acids is 1. The second-order valence-corrected chi connectivity index (χ2v) is 15.1. The monoisotopic (exact) mass is 733 g/mol. The highest BCUT2D eigenvalue weighted by molar-refractivity contribution is 6.30. The lowest BCUT2D eigenvalue weighted by molar-refractivity contribution is -0.0592. The number of amides is 1. The van der Waals surface area contributed by atoms with Crippen molar-refractivity contribution in [2.45, 2.75) is 76.7 Å². The van der Waals surface area contributed by atoms with Gasteiger partial charge in [0.25, 0.3) is 5.91 Å². The van der Waals surface area contributed by atoms with Crippen LogP contribution in [0.25, 0.3) is 21.9 Å². The largest absolute Gasteiger partial charge is 0.473 e. The van der Waals surface area contributed by atoms with Gasteiger partial charge in [0.15, 0.2) is 0 Å². The molecule has 2 saturated heterocycles. The molecular formula is C41H41ClFN7O3. The lowest BCUT2D eigenvalue weighted by Crippen LogP contribution is -2.35. The Hall–Kier alpha value is -4.84. The highest BCUT2D eigenvalue weighted by Gasteiger charge is 2.29. The average Bonchev–Trinajstić information content (AvgIpc) is 3.80. The molecule has 53 heavy (non-hydrogen) atoms. The minimum atomic E-state index is -0.391. The van der Waals surface area contributed by atoms with Crippen LogP contribution in [0.5, 0.6) is 5.88 Å². The average molecular weight is 734 g/mol. The Morgan fingerprint density at radius 2 is 1.87 bits per heavy atom. The number of pyridine rings is 1. The maximum atomic E-state index is 14.3. The van der Waals surface area contributed by atoms with Crippen molar-refractivity contribution in [1.82, 2.24) is 29.6 Å². The summed E-state index contributed by atoms with van der Waals surface area (Å²) in [6, 6.07) is 20.2. The molecule has 1 atom stereocenters. The number of hydrogen-bond acceptors (Lipinski definition) is 7. The van der Waals surface area contributed by atoms with Crippen molar-refractivity contribution < 1.29 is 18.7 Å². The second-order valence-electron chi connectivity index (χ2n) is 14.7. The third-order valence-electron chi connectivity index (χ3n) is 10.9. The van der Waals surface area contributed by atoms with E-state index in [-0.39, 0.29) is 18.6 Å². The van der Waals surface area contributed by atoms with Crippen LogP contribution in [-0.4, -0.2) is 61.3 Å². The van der Waals surface area contributed by atoms with Gasteiger partial charge in [0, 0.05) is 63.1 Å². The first-order valence-electron chi connectivity index (χ1n) is 18.5. The lowest BCUT2D eigenvalue weighted by atomic mass is 9.93. The number of carbonyl (C=O) groups is 1. The van der Waals surface area contributed by atoms with Crippen molar-refractivity contribution in [1.29, 1.82) is 0 Å². The van der Waals surface area contributed by atoms with Crippen LogP contribution >= 0.6 is 11.6 Å². The molecule has 2 aliphatic heterocycles. The summed E-state index contributed by atoms with van der Waals surface area (Å²) in [7, 11) is 0. The molecule has 0 bridgehead atoms. The number of aromatic amines is 1. The summed E-state index contributed by atoms with van der Waals surface area (Å²) in [4.78, 5) is 25.9. The van der Waals surface area contributed by atoms with Gasteiger partial charge in [-0.15, -0.1) is 0 Å². The topological polar surface area (TPSA) is 110 Å². The van der Waals surface area contributed by atoms with E-state index in [2.05, 4.69) is 25.0 Å². The first-order chi connectivity index (χ1) is 25.8. The van der Waals surface area contributed by atoms with Crippen molar-refractivity contribution in [3.8, 4) is 5.88 Å². The van der Waals surface area contributed by atoms with E-state index in [1.165, 1.54) is 24.6 Å². The molecule has 0 spiro atoms. The van der Waals surface area contributed by atoms with Gasteiger partial charge in [0.1, 0.15) is 18.2 Å². The van der Waals surface area contributed by atoms with E-state index in [4.69, 9.17) is 31.0 Å². The van der Waals surface area contributed by atoms with Gasteiger partial charge in [-0.1, -0.05) is 23.7 Å². The minimum absolute atomic E-state index is 0.0834. The standard InChI is InChI=1S/C41H41ClFN7O3/c1-24-17-30(20-32-39(24)47-48-40(32)26-5-6-26)44-41(51)27-8-10-36-35(18-27)45-37(50(36)21-31-13-16-52-31)22-49-14-11-25(12-15-49)34-3-2-4-38(46-34)53-23-28-7-9-29(42)19-33(28)43/h2-4,7-10,17-20,25-26,31H,5-6,11-16,21-23H2,1H3,(H,44,51)(H,47,48)/t31-/m0/s1. The molecular weight excluding hydrogens is 693 g/mol. The smallest absolute Gasteiger partial charge is 0.255 e. The van der Waals surface area contributed by atoms with Gasteiger partial charge in [0.2, 0.25) is 5.88 Å². The quantitative estimate of drug-likeness (QED) is 0.138. The summed E-state index contributed by atoms with van der Waals surface area (Å²) >= 11 is 5.89. The van der Waals surface area contributed by atoms with Crippen LogP contribution in [0, 0.1) is 12.7 Å². The number of piperidine rings is 1. The van der Waals surface area contributed by atoms with Gasteiger partial charge in [0.05, 0.1) is 35.7 Å². The number of benzene rings is 3. The number of likely N-dealkylation sites (tertiary alicyclic amines) is 1. The predicted octanol–water partition coefficient (Wildman–Crippen LogP) is 8.29. The van der Waals surface area contributed by atoms with Gasteiger partial charge < -0.3 is 19.4 Å². The lowest BCUT2D eigenvalue weighted by Gasteiger charge is -2.32. The van der Waals surface area contributed by atoms with Gasteiger partial charge in [-0.05, 0) is 106 Å². The number of aromatic nitrogens is 5. The molecule has 12 heteroatoms. The number of ether oxygens (including phenoxy) is 2. The summed E-state index contributed by atoms with van der Waals surface area (Å²) in [6.07, 6.45) is 5.44. The zero-order valence-electron chi connectivity index (χ0n) is 29.6. The highest BCUT2D eigenvalue weighted by atomic mass is 35.5. The van der Waals surface area contributed by atoms with Gasteiger partial charge in [-0.3, -0.25) is 14.8 Å². The first-order valence-corrected chi connectivity index (χ1v) is 18.9. The summed E-state index contributed by atoms with van der Waals surface area (Å²) in [6.45, 7) is 6.13. The van der Waals surface area contributed by atoms with Crippen molar-refractivity contribution in [2.24, 2.45) is 0 Å². The Morgan fingerprint density at radius 3 is 2.64 bits per heavy atom. The summed E-state index contributed by atoms with van der Waals surface area (Å²) in [5.41, 5.74) is 7.73. The molecule has 9 rings (SSSR count). The van der Waals surface area contributed by atoms with E-state index >= 15 is 0 Å². The number of anilines is 1. The maximum Gasteiger partial charge on any atom is 0.255 e. The normalized spacial score (nSPS) is 18.1. The fraction of sp³-hybridized carbons (Fsp3) is 0.366. The summed E-state index contributed by atoms with van der Waals surface area (Å²) in [5, 5.41) is 12.3. The van der Waals surface area contributed by atoms with Crippen LogP contribution in [0.15, 0.2) is 66.7 Å². The number of hydrogen-bond donors (Lipinski definition) is 2. The summed E-state index contributed by atoms with van der Waals surface area (Å²) in [5.74, 6) is 1.73. The van der Waals surface area contributed by atoms with Crippen LogP contribution in [0.1, 0.15) is 82.6 Å².